The van der Waals surface area contributed by atoms with Crippen LogP contribution in [0.5, 0.6) is 0 Å². The molecule has 3 rings (SSSR count). The van der Waals surface area contributed by atoms with E-state index in [2.05, 4.69) is 48.2 Å². The number of rotatable bonds is 1. The van der Waals surface area contributed by atoms with Gasteiger partial charge in [0.05, 0.1) is 0 Å². The molecule has 0 saturated heterocycles. The first-order valence-electron chi connectivity index (χ1n) is 6.71. The monoisotopic (exact) mass is 250 g/mol. The summed E-state index contributed by atoms with van der Waals surface area (Å²) in [5.41, 5.74) is 5.00. The Bertz CT molecular complexity index is 616. The summed E-state index contributed by atoms with van der Waals surface area (Å²) in [4.78, 5) is 2.16. The van der Waals surface area contributed by atoms with E-state index in [4.69, 9.17) is 5.41 Å². The Hall–Kier alpha value is -2.09. The van der Waals surface area contributed by atoms with Crippen LogP contribution in [0.15, 0.2) is 48.5 Å². The van der Waals surface area contributed by atoms with Crippen molar-refractivity contribution in [3.63, 3.8) is 0 Å². The summed E-state index contributed by atoms with van der Waals surface area (Å²) in [6.45, 7) is 3.86. The van der Waals surface area contributed by atoms with Crippen LogP contribution in [0.1, 0.15) is 22.3 Å². The molecule has 1 N–H and O–H groups in total. The third-order valence-corrected chi connectivity index (χ3v) is 3.74. The lowest BCUT2D eigenvalue weighted by Gasteiger charge is -2.31. The number of aryl methyl sites for hydroxylation is 1. The highest BCUT2D eigenvalue weighted by molar-refractivity contribution is 5.96. The molecule has 2 aromatic rings. The lowest BCUT2D eigenvalue weighted by molar-refractivity contribution is 0.392. The number of hydrogen-bond acceptors (Lipinski definition) is 1. The lowest BCUT2D eigenvalue weighted by atomic mass is 9.99. The topological polar surface area (TPSA) is 27.1 Å². The highest BCUT2D eigenvalue weighted by Gasteiger charge is 2.18. The van der Waals surface area contributed by atoms with Crippen LogP contribution < -0.4 is 0 Å². The summed E-state index contributed by atoms with van der Waals surface area (Å²) in [5, 5.41) is 8.39. The largest absolute Gasteiger partial charge is 0.352 e. The van der Waals surface area contributed by atoms with E-state index in [1.807, 2.05) is 12.1 Å². The normalized spacial score (nSPS) is 14.1. The van der Waals surface area contributed by atoms with Crippen LogP contribution >= 0.6 is 0 Å². The Morgan fingerprint density at radius 1 is 1.05 bits per heavy atom. The predicted molar refractivity (Wildman–Crippen MR) is 78.6 cm³/mol. The molecule has 0 fully saturated rings. The second kappa shape index (κ2) is 4.88. The molecule has 0 unspecified atom stereocenters. The molecule has 1 aliphatic heterocycles. The Labute approximate surface area is 114 Å². The zero-order chi connectivity index (χ0) is 13.2. The summed E-state index contributed by atoms with van der Waals surface area (Å²) >= 11 is 0. The van der Waals surface area contributed by atoms with Crippen LogP contribution in [0, 0.1) is 12.3 Å². The summed E-state index contributed by atoms with van der Waals surface area (Å²) in [6, 6.07) is 16.8. The fourth-order valence-electron chi connectivity index (χ4n) is 2.66. The molecule has 2 aromatic carbocycles. The average molecular weight is 250 g/mol. The first-order valence-corrected chi connectivity index (χ1v) is 6.71. The fourth-order valence-corrected chi connectivity index (χ4v) is 2.66. The Balaban J connectivity index is 1.83. The smallest absolute Gasteiger partial charge is 0.128 e. The van der Waals surface area contributed by atoms with Crippen LogP contribution in [0.25, 0.3) is 0 Å². The van der Waals surface area contributed by atoms with Gasteiger partial charge in [-0.05, 0) is 30.5 Å². The van der Waals surface area contributed by atoms with Gasteiger partial charge in [-0.25, -0.2) is 0 Å². The number of amidine groups is 1. The van der Waals surface area contributed by atoms with Crippen molar-refractivity contribution >= 4 is 5.84 Å². The van der Waals surface area contributed by atoms with Crippen molar-refractivity contribution in [2.45, 2.75) is 19.9 Å². The van der Waals surface area contributed by atoms with Gasteiger partial charge in [-0.2, -0.15) is 0 Å². The minimum Gasteiger partial charge on any atom is -0.352 e. The molecule has 0 radical (unpaired) electrons. The molecule has 0 bridgehead atoms. The van der Waals surface area contributed by atoms with Crippen LogP contribution in [0.3, 0.4) is 0 Å². The standard InChI is InChI=1S/C17H18N2/c1-13-5-4-8-15(11-13)17(18)19-10-9-14-6-2-3-7-16(14)12-19/h2-8,11,18H,9-10,12H2,1H3. The van der Waals surface area contributed by atoms with Gasteiger partial charge in [0.2, 0.25) is 0 Å². The molecule has 1 aliphatic rings. The highest BCUT2D eigenvalue weighted by Crippen LogP contribution is 2.20. The Kier molecular flexibility index (Phi) is 3.08. The van der Waals surface area contributed by atoms with Crippen molar-refractivity contribution in [1.82, 2.24) is 4.90 Å². The van der Waals surface area contributed by atoms with Crippen molar-refractivity contribution in [3.05, 3.63) is 70.8 Å². The predicted octanol–water partition coefficient (Wildman–Crippen LogP) is 3.38. The van der Waals surface area contributed by atoms with E-state index < -0.39 is 0 Å². The molecule has 0 atom stereocenters. The van der Waals surface area contributed by atoms with E-state index in [1.54, 1.807) is 0 Å². The lowest BCUT2D eigenvalue weighted by Crippen LogP contribution is -2.35. The molecular weight excluding hydrogens is 232 g/mol. The molecule has 0 spiro atoms. The maximum atomic E-state index is 8.39. The summed E-state index contributed by atoms with van der Waals surface area (Å²) in [6.07, 6.45) is 1.03. The van der Waals surface area contributed by atoms with Crippen LogP contribution in [-0.4, -0.2) is 17.3 Å². The van der Waals surface area contributed by atoms with E-state index in [1.165, 1.54) is 16.7 Å². The maximum absolute atomic E-state index is 8.39. The molecule has 0 amide bonds. The summed E-state index contributed by atoms with van der Waals surface area (Å²) in [5.74, 6) is 0.637. The number of nitrogens with zero attached hydrogens (tertiary/aromatic N) is 1. The molecule has 2 nitrogen and oxygen atoms in total. The van der Waals surface area contributed by atoms with Crippen molar-refractivity contribution in [2.24, 2.45) is 0 Å². The number of benzene rings is 2. The number of fused-ring (bicyclic) bond motifs is 1. The van der Waals surface area contributed by atoms with Gasteiger partial charge >= 0.3 is 0 Å². The quantitative estimate of drug-likeness (QED) is 0.609. The third kappa shape index (κ3) is 2.39. The summed E-state index contributed by atoms with van der Waals surface area (Å²) < 4.78 is 0. The van der Waals surface area contributed by atoms with E-state index in [9.17, 15) is 0 Å². The molecule has 96 valence electrons. The second-order valence-corrected chi connectivity index (χ2v) is 5.16. The first-order chi connectivity index (χ1) is 9.24. The first kappa shape index (κ1) is 12.0. The molecular formula is C17H18N2. The van der Waals surface area contributed by atoms with Gasteiger partial charge in [0.25, 0.3) is 0 Å². The minimum atomic E-state index is 0.637. The summed E-state index contributed by atoms with van der Waals surface area (Å²) in [7, 11) is 0. The van der Waals surface area contributed by atoms with Gasteiger partial charge in [0.15, 0.2) is 0 Å². The Morgan fingerprint density at radius 3 is 2.63 bits per heavy atom. The van der Waals surface area contributed by atoms with Gasteiger partial charge < -0.3 is 4.90 Å². The van der Waals surface area contributed by atoms with Gasteiger partial charge in [-0.15, -0.1) is 0 Å². The second-order valence-electron chi connectivity index (χ2n) is 5.16. The van der Waals surface area contributed by atoms with Crippen molar-refractivity contribution in [3.8, 4) is 0 Å². The fraction of sp³-hybridized carbons (Fsp3) is 0.235. The highest BCUT2D eigenvalue weighted by atomic mass is 15.2. The van der Waals surface area contributed by atoms with E-state index in [0.29, 0.717) is 5.84 Å². The van der Waals surface area contributed by atoms with Crippen LogP contribution in [0.4, 0.5) is 0 Å². The van der Waals surface area contributed by atoms with E-state index in [-0.39, 0.29) is 0 Å². The Morgan fingerprint density at radius 2 is 1.84 bits per heavy atom. The van der Waals surface area contributed by atoms with Gasteiger partial charge in [0, 0.05) is 18.7 Å². The van der Waals surface area contributed by atoms with Gasteiger partial charge in [0.1, 0.15) is 5.84 Å². The maximum Gasteiger partial charge on any atom is 0.128 e. The zero-order valence-electron chi connectivity index (χ0n) is 11.2. The van der Waals surface area contributed by atoms with Gasteiger partial charge in [-0.1, -0.05) is 48.0 Å². The van der Waals surface area contributed by atoms with Gasteiger partial charge in [-0.3, -0.25) is 5.41 Å². The van der Waals surface area contributed by atoms with Crippen LogP contribution in [-0.2, 0) is 13.0 Å². The van der Waals surface area contributed by atoms with Crippen molar-refractivity contribution < 1.29 is 0 Å². The number of hydrogen-bond donors (Lipinski definition) is 1. The number of nitrogens with one attached hydrogen (secondary N) is 1. The van der Waals surface area contributed by atoms with E-state index in [0.717, 1.165) is 25.1 Å². The SMILES string of the molecule is Cc1cccc(C(=N)N2CCc3ccccc3C2)c1. The molecule has 0 aromatic heterocycles. The van der Waals surface area contributed by atoms with Crippen molar-refractivity contribution in [2.75, 3.05) is 6.54 Å². The van der Waals surface area contributed by atoms with Crippen molar-refractivity contribution in [1.29, 1.82) is 5.41 Å². The van der Waals surface area contributed by atoms with E-state index >= 15 is 0 Å². The molecule has 2 heteroatoms. The third-order valence-electron chi connectivity index (χ3n) is 3.74. The zero-order valence-corrected chi connectivity index (χ0v) is 11.2. The molecule has 19 heavy (non-hydrogen) atoms. The average Bonchev–Trinajstić information content (AvgIpc) is 2.46. The minimum absolute atomic E-state index is 0.637. The molecule has 1 heterocycles. The molecule has 0 aliphatic carbocycles. The van der Waals surface area contributed by atoms with Crippen LogP contribution in [0.2, 0.25) is 0 Å². The molecule has 0 saturated carbocycles.